The van der Waals surface area contributed by atoms with Crippen molar-refractivity contribution >= 4 is 53.8 Å². The highest BCUT2D eigenvalue weighted by atomic mass is 79.9. The topological polar surface area (TPSA) is 57.5 Å². The molecule has 0 unspecified atom stereocenters. The number of aromatic hydroxyl groups is 1. The van der Waals surface area contributed by atoms with Gasteiger partial charge in [-0.2, -0.15) is 0 Å². The first-order valence-corrected chi connectivity index (χ1v) is 5.42. The molecule has 2 N–H and O–H groups in total. The molecule has 0 aliphatic carbocycles. The summed E-state index contributed by atoms with van der Waals surface area (Å²) in [5, 5.41) is 18.2. The van der Waals surface area contributed by atoms with E-state index >= 15 is 0 Å². The Morgan fingerprint density at radius 1 is 1.23 bits per heavy atom. The fourth-order valence-corrected chi connectivity index (χ4v) is 2.41. The molecule has 1 aromatic rings. The molecule has 0 saturated heterocycles. The van der Waals surface area contributed by atoms with Crippen molar-refractivity contribution in [3.05, 3.63) is 25.0 Å². The number of hydrogen-bond acceptors (Lipinski definition) is 2. The summed E-state index contributed by atoms with van der Waals surface area (Å²) in [5.74, 6) is -1.48. The molecule has 0 fully saturated rings. The highest BCUT2D eigenvalue weighted by Gasteiger charge is 2.19. The van der Waals surface area contributed by atoms with Crippen LogP contribution in [0, 0.1) is 0 Å². The summed E-state index contributed by atoms with van der Waals surface area (Å²) < 4.78 is 1.22. The third-order valence-corrected chi connectivity index (χ3v) is 3.95. The Kier molecular flexibility index (Phi) is 3.37. The van der Waals surface area contributed by atoms with Crippen LogP contribution in [0.4, 0.5) is 0 Å². The minimum absolute atomic E-state index is 0.166. The Bertz CT molecular complexity index is 349. The van der Waals surface area contributed by atoms with Gasteiger partial charge < -0.3 is 10.2 Å². The van der Waals surface area contributed by atoms with Crippen LogP contribution in [-0.4, -0.2) is 16.2 Å². The van der Waals surface area contributed by atoms with E-state index in [-0.39, 0.29) is 11.3 Å². The number of rotatable bonds is 1. The van der Waals surface area contributed by atoms with E-state index in [2.05, 4.69) is 47.8 Å². The van der Waals surface area contributed by atoms with Crippen LogP contribution in [0.25, 0.3) is 0 Å². The summed E-state index contributed by atoms with van der Waals surface area (Å²) in [7, 11) is 0. The van der Waals surface area contributed by atoms with Gasteiger partial charge >= 0.3 is 5.97 Å². The molecule has 0 atom stereocenters. The van der Waals surface area contributed by atoms with Crippen molar-refractivity contribution in [3.8, 4) is 5.75 Å². The van der Waals surface area contributed by atoms with Crippen molar-refractivity contribution < 1.29 is 15.0 Å². The van der Waals surface area contributed by atoms with Crippen LogP contribution in [0.15, 0.2) is 19.5 Å². The molecule has 70 valence electrons. The highest BCUT2D eigenvalue weighted by molar-refractivity contribution is 9.13. The molecule has 1 rings (SSSR count). The maximum absolute atomic E-state index is 10.7. The van der Waals surface area contributed by atoms with Gasteiger partial charge in [0.25, 0.3) is 0 Å². The fraction of sp³-hybridized carbons (Fsp3) is 0. The minimum Gasteiger partial charge on any atom is -0.506 e. The summed E-state index contributed by atoms with van der Waals surface area (Å²) >= 11 is 9.24. The summed E-state index contributed by atoms with van der Waals surface area (Å²) in [6.45, 7) is 0. The monoisotopic (exact) mass is 372 g/mol. The van der Waals surface area contributed by atoms with Crippen molar-refractivity contribution in [2.24, 2.45) is 0 Å². The van der Waals surface area contributed by atoms with Crippen molar-refractivity contribution in [3.63, 3.8) is 0 Å². The van der Waals surface area contributed by atoms with Gasteiger partial charge in [0.1, 0.15) is 11.3 Å². The second kappa shape index (κ2) is 3.98. The second-order valence-corrected chi connectivity index (χ2v) is 4.68. The summed E-state index contributed by atoms with van der Waals surface area (Å²) in [6, 6.07) is 1.56. The summed E-state index contributed by atoms with van der Waals surface area (Å²) in [6.07, 6.45) is 0. The van der Waals surface area contributed by atoms with Gasteiger partial charge in [-0.1, -0.05) is 0 Å². The van der Waals surface area contributed by atoms with Crippen LogP contribution in [0.2, 0.25) is 0 Å². The predicted molar refractivity (Wildman–Crippen MR) is 58.2 cm³/mol. The molecule has 1 aromatic carbocycles. The van der Waals surface area contributed by atoms with E-state index in [9.17, 15) is 9.90 Å². The van der Waals surface area contributed by atoms with E-state index in [0.717, 1.165) is 0 Å². The normalized spacial score (nSPS) is 10.1. The average Bonchev–Trinajstić information content (AvgIpc) is 2.01. The van der Waals surface area contributed by atoms with E-state index in [1.54, 1.807) is 6.07 Å². The molecular formula is C7H3Br3O3. The summed E-state index contributed by atoms with van der Waals surface area (Å²) in [5.41, 5.74) is -0.166. The molecule has 0 aliphatic rings. The number of halogens is 3. The standard InChI is InChI=1S/C7H3Br3O3/c8-2-1-3(9)6(11)4(5(2)10)7(12)13/h1,11H,(H,12,13). The maximum Gasteiger partial charge on any atom is 0.340 e. The SMILES string of the molecule is O=C(O)c1c(O)c(Br)cc(Br)c1Br. The van der Waals surface area contributed by atoms with E-state index in [0.29, 0.717) is 13.4 Å². The Labute approximate surface area is 99.1 Å². The Morgan fingerprint density at radius 2 is 1.77 bits per heavy atom. The van der Waals surface area contributed by atoms with E-state index in [1.807, 2.05) is 0 Å². The van der Waals surface area contributed by atoms with Gasteiger partial charge in [-0.3, -0.25) is 0 Å². The van der Waals surface area contributed by atoms with Gasteiger partial charge in [-0.15, -0.1) is 0 Å². The van der Waals surface area contributed by atoms with E-state index < -0.39 is 5.97 Å². The number of carboxylic acid groups (broad SMARTS) is 1. The van der Waals surface area contributed by atoms with E-state index in [4.69, 9.17) is 5.11 Å². The smallest absolute Gasteiger partial charge is 0.340 e. The molecule has 6 heteroatoms. The number of carbonyl (C=O) groups is 1. The van der Waals surface area contributed by atoms with Crippen LogP contribution < -0.4 is 0 Å². The summed E-state index contributed by atoms with van der Waals surface area (Å²) in [4.78, 5) is 10.7. The molecule has 0 radical (unpaired) electrons. The molecule has 0 bridgehead atoms. The zero-order chi connectivity index (χ0) is 10.2. The van der Waals surface area contributed by atoms with Crippen LogP contribution in [0.1, 0.15) is 10.4 Å². The zero-order valence-electron chi connectivity index (χ0n) is 6.01. The van der Waals surface area contributed by atoms with Gasteiger partial charge in [0.05, 0.1) is 8.95 Å². The zero-order valence-corrected chi connectivity index (χ0v) is 10.8. The second-order valence-electron chi connectivity index (χ2n) is 2.18. The van der Waals surface area contributed by atoms with Crippen molar-refractivity contribution in [2.45, 2.75) is 0 Å². The number of aromatic carboxylic acids is 1. The Morgan fingerprint density at radius 3 is 2.23 bits per heavy atom. The molecular weight excluding hydrogens is 372 g/mol. The molecule has 0 amide bonds. The highest BCUT2D eigenvalue weighted by Crippen LogP contribution is 2.38. The minimum atomic E-state index is -1.19. The number of hydrogen-bond donors (Lipinski definition) is 2. The molecule has 0 saturated carbocycles. The Hall–Kier alpha value is -0.0700. The third kappa shape index (κ3) is 2.05. The molecule has 0 spiro atoms. The van der Waals surface area contributed by atoms with Crippen LogP contribution in [0.3, 0.4) is 0 Å². The maximum atomic E-state index is 10.7. The van der Waals surface area contributed by atoms with Crippen molar-refractivity contribution in [2.75, 3.05) is 0 Å². The lowest BCUT2D eigenvalue weighted by atomic mass is 10.2. The number of phenols is 1. The van der Waals surface area contributed by atoms with Gasteiger partial charge in [-0.25, -0.2) is 4.79 Å². The molecule has 13 heavy (non-hydrogen) atoms. The van der Waals surface area contributed by atoms with Gasteiger partial charge in [-0.05, 0) is 53.9 Å². The number of benzene rings is 1. The van der Waals surface area contributed by atoms with Gasteiger partial charge in [0.2, 0.25) is 0 Å². The van der Waals surface area contributed by atoms with Gasteiger partial charge in [0.15, 0.2) is 0 Å². The van der Waals surface area contributed by atoms with Gasteiger partial charge in [0, 0.05) is 4.47 Å². The largest absolute Gasteiger partial charge is 0.506 e. The molecule has 0 heterocycles. The number of carboxylic acids is 1. The lowest BCUT2D eigenvalue weighted by molar-refractivity contribution is 0.0692. The molecule has 0 aromatic heterocycles. The molecule has 3 nitrogen and oxygen atoms in total. The molecule has 0 aliphatic heterocycles. The van der Waals surface area contributed by atoms with E-state index in [1.165, 1.54) is 0 Å². The lowest BCUT2D eigenvalue weighted by Crippen LogP contribution is -1.99. The predicted octanol–water partition coefficient (Wildman–Crippen LogP) is 3.38. The van der Waals surface area contributed by atoms with Crippen LogP contribution in [-0.2, 0) is 0 Å². The van der Waals surface area contributed by atoms with Crippen molar-refractivity contribution in [1.29, 1.82) is 0 Å². The lowest BCUT2D eigenvalue weighted by Gasteiger charge is -2.06. The van der Waals surface area contributed by atoms with Crippen LogP contribution in [0.5, 0.6) is 5.75 Å². The first-order chi connectivity index (χ1) is 5.95. The quantitative estimate of drug-likeness (QED) is 0.741. The first kappa shape index (κ1) is 11.0. The Balaban J connectivity index is 3.56. The third-order valence-electron chi connectivity index (χ3n) is 1.36. The first-order valence-electron chi connectivity index (χ1n) is 3.05. The fourth-order valence-electron chi connectivity index (χ4n) is 0.781. The average molecular weight is 375 g/mol. The van der Waals surface area contributed by atoms with Crippen LogP contribution >= 0.6 is 47.8 Å². The van der Waals surface area contributed by atoms with Crippen molar-refractivity contribution in [1.82, 2.24) is 0 Å².